The van der Waals surface area contributed by atoms with Crippen molar-refractivity contribution in [1.29, 1.82) is 0 Å². The molecule has 0 amide bonds. The highest BCUT2D eigenvalue weighted by Gasteiger charge is 2.31. The molecule has 0 aliphatic carbocycles. The largest absolute Gasteiger partial charge is 0.475 e. The molecular formula is C20H19ClF3N5O. The molecule has 158 valence electrons. The van der Waals surface area contributed by atoms with Crippen molar-refractivity contribution in [2.24, 2.45) is 4.99 Å². The fourth-order valence-corrected chi connectivity index (χ4v) is 2.93. The van der Waals surface area contributed by atoms with Crippen LogP contribution in [0.2, 0.25) is 5.02 Å². The molecule has 0 saturated heterocycles. The number of hydrogen-bond donors (Lipinski definition) is 2. The summed E-state index contributed by atoms with van der Waals surface area (Å²) in [7, 11) is 1.63. The lowest BCUT2D eigenvalue weighted by Crippen LogP contribution is -2.39. The molecule has 0 bridgehead atoms. The highest BCUT2D eigenvalue weighted by atomic mass is 35.5. The average molecular weight is 438 g/mol. The van der Waals surface area contributed by atoms with Crippen molar-refractivity contribution in [3.63, 3.8) is 0 Å². The Morgan fingerprint density at radius 3 is 2.70 bits per heavy atom. The molecule has 0 saturated carbocycles. The van der Waals surface area contributed by atoms with E-state index in [-0.39, 0.29) is 17.5 Å². The van der Waals surface area contributed by atoms with Gasteiger partial charge in [0.1, 0.15) is 11.6 Å². The van der Waals surface area contributed by atoms with Gasteiger partial charge in [-0.25, -0.2) is 4.98 Å². The predicted octanol–water partition coefficient (Wildman–Crippen LogP) is 4.05. The molecule has 3 rings (SSSR count). The molecule has 2 aromatic heterocycles. The fourth-order valence-electron chi connectivity index (χ4n) is 2.71. The number of halogens is 4. The fraction of sp³-hybridized carbons (Fsp3) is 0.250. The van der Waals surface area contributed by atoms with E-state index in [4.69, 9.17) is 16.3 Å². The van der Waals surface area contributed by atoms with Crippen LogP contribution in [0, 0.1) is 0 Å². The van der Waals surface area contributed by atoms with Crippen LogP contribution in [-0.4, -0.2) is 36.1 Å². The number of aromatic nitrogens is 2. The SMILES string of the molecule is CN=C(NCCOc1ncc(C(F)(F)F)cc1Cl)NCc1ccnc2ccccc12. The maximum absolute atomic E-state index is 12.6. The van der Waals surface area contributed by atoms with Crippen molar-refractivity contribution in [3.8, 4) is 5.88 Å². The lowest BCUT2D eigenvalue weighted by atomic mass is 10.1. The first-order chi connectivity index (χ1) is 14.4. The molecule has 2 heterocycles. The molecule has 0 unspecified atom stereocenters. The van der Waals surface area contributed by atoms with Gasteiger partial charge < -0.3 is 15.4 Å². The van der Waals surface area contributed by atoms with Gasteiger partial charge >= 0.3 is 6.18 Å². The van der Waals surface area contributed by atoms with E-state index in [0.717, 1.165) is 22.5 Å². The molecule has 3 aromatic rings. The third-order valence-electron chi connectivity index (χ3n) is 4.18. The van der Waals surface area contributed by atoms with E-state index < -0.39 is 11.7 Å². The summed E-state index contributed by atoms with van der Waals surface area (Å²) in [5.41, 5.74) is 1.06. The van der Waals surface area contributed by atoms with Crippen LogP contribution in [-0.2, 0) is 12.7 Å². The third kappa shape index (κ3) is 5.50. The third-order valence-corrected chi connectivity index (χ3v) is 4.45. The molecule has 0 radical (unpaired) electrons. The summed E-state index contributed by atoms with van der Waals surface area (Å²) < 4.78 is 43.3. The Hall–Kier alpha value is -3.07. The van der Waals surface area contributed by atoms with Crippen LogP contribution < -0.4 is 15.4 Å². The summed E-state index contributed by atoms with van der Waals surface area (Å²) >= 11 is 5.82. The Balaban J connectivity index is 1.49. The van der Waals surface area contributed by atoms with Crippen molar-refractivity contribution in [1.82, 2.24) is 20.6 Å². The summed E-state index contributed by atoms with van der Waals surface area (Å²) in [6.45, 7) is 1.02. The highest BCUT2D eigenvalue weighted by molar-refractivity contribution is 6.31. The second-order valence-corrected chi connectivity index (χ2v) is 6.60. The molecule has 0 aliphatic rings. The molecule has 10 heteroatoms. The number of fused-ring (bicyclic) bond motifs is 1. The summed E-state index contributed by atoms with van der Waals surface area (Å²) in [5, 5.41) is 7.11. The second kappa shape index (κ2) is 9.62. The molecule has 2 N–H and O–H groups in total. The predicted molar refractivity (Wildman–Crippen MR) is 110 cm³/mol. The van der Waals surface area contributed by atoms with Crippen LogP contribution in [0.3, 0.4) is 0 Å². The van der Waals surface area contributed by atoms with Gasteiger partial charge in [-0.05, 0) is 23.8 Å². The quantitative estimate of drug-likeness (QED) is 0.346. The topological polar surface area (TPSA) is 71.4 Å². The smallest absolute Gasteiger partial charge is 0.417 e. The number of para-hydroxylation sites is 1. The monoisotopic (exact) mass is 437 g/mol. The van der Waals surface area contributed by atoms with Gasteiger partial charge in [0, 0.05) is 31.4 Å². The second-order valence-electron chi connectivity index (χ2n) is 6.20. The molecular weight excluding hydrogens is 419 g/mol. The maximum atomic E-state index is 12.6. The zero-order valence-electron chi connectivity index (χ0n) is 16.0. The van der Waals surface area contributed by atoms with E-state index in [9.17, 15) is 13.2 Å². The van der Waals surface area contributed by atoms with E-state index >= 15 is 0 Å². The zero-order valence-corrected chi connectivity index (χ0v) is 16.8. The van der Waals surface area contributed by atoms with Gasteiger partial charge in [0.25, 0.3) is 0 Å². The first-order valence-corrected chi connectivity index (χ1v) is 9.39. The van der Waals surface area contributed by atoms with Gasteiger partial charge in [-0.2, -0.15) is 13.2 Å². The number of ether oxygens (including phenoxy) is 1. The number of benzene rings is 1. The Morgan fingerprint density at radius 2 is 1.97 bits per heavy atom. The molecule has 0 fully saturated rings. The number of nitrogens with one attached hydrogen (secondary N) is 2. The number of aliphatic imine (C=N–C) groups is 1. The molecule has 1 aromatic carbocycles. The summed E-state index contributed by atoms with van der Waals surface area (Å²) in [5.74, 6) is 0.489. The van der Waals surface area contributed by atoms with Gasteiger partial charge in [-0.3, -0.25) is 9.98 Å². The van der Waals surface area contributed by atoms with Crippen molar-refractivity contribution >= 4 is 28.5 Å². The molecule has 0 spiro atoms. The number of pyridine rings is 2. The Morgan fingerprint density at radius 1 is 1.17 bits per heavy atom. The van der Waals surface area contributed by atoms with E-state index in [0.29, 0.717) is 25.2 Å². The standard InChI is InChI=1S/C20H19ClF3N5O/c1-25-19(29-11-13-6-7-26-17-5-3-2-4-15(13)17)27-8-9-30-18-16(21)10-14(12-28-18)20(22,23)24/h2-7,10,12H,8-9,11H2,1H3,(H2,25,27,29). The van der Waals surface area contributed by atoms with Gasteiger partial charge in [0.05, 0.1) is 17.6 Å². The number of guanidine groups is 1. The van der Waals surface area contributed by atoms with Gasteiger partial charge in [0.15, 0.2) is 5.96 Å². The highest BCUT2D eigenvalue weighted by Crippen LogP contribution is 2.33. The zero-order chi connectivity index (χ0) is 21.6. The Bertz CT molecular complexity index is 1040. The minimum Gasteiger partial charge on any atom is -0.475 e. The Kier molecular flexibility index (Phi) is 6.94. The van der Waals surface area contributed by atoms with Crippen molar-refractivity contribution < 1.29 is 17.9 Å². The molecule has 0 aliphatic heterocycles. The van der Waals surface area contributed by atoms with Gasteiger partial charge in [0.2, 0.25) is 5.88 Å². The number of hydrogen-bond acceptors (Lipinski definition) is 4. The van der Waals surface area contributed by atoms with Crippen LogP contribution >= 0.6 is 11.6 Å². The first-order valence-electron chi connectivity index (χ1n) is 9.01. The van der Waals surface area contributed by atoms with E-state index in [1.54, 1.807) is 13.2 Å². The van der Waals surface area contributed by atoms with E-state index in [1.807, 2.05) is 30.3 Å². The lowest BCUT2D eigenvalue weighted by Gasteiger charge is -2.14. The molecule has 0 atom stereocenters. The van der Waals surface area contributed by atoms with Crippen LogP contribution in [0.25, 0.3) is 10.9 Å². The van der Waals surface area contributed by atoms with Crippen LogP contribution in [0.5, 0.6) is 5.88 Å². The van der Waals surface area contributed by atoms with Crippen LogP contribution in [0.15, 0.2) is 53.8 Å². The number of rotatable bonds is 6. The lowest BCUT2D eigenvalue weighted by molar-refractivity contribution is -0.137. The number of alkyl halides is 3. The summed E-state index contributed by atoms with van der Waals surface area (Å²) in [6.07, 6.45) is -2.06. The maximum Gasteiger partial charge on any atom is 0.417 e. The van der Waals surface area contributed by atoms with Gasteiger partial charge in [-0.15, -0.1) is 0 Å². The van der Waals surface area contributed by atoms with Crippen molar-refractivity contribution in [2.45, 2.75) is 12.7 Å². The first kappa shape index (κ1) is 21.6. The van der Waals surface area contributed by atoms with Gasteiger partial charge in [-0.1, -0.05) is 29.8 Å². The summed E-state index contributed by atoms with van der Waals surface area (Å²) in [6, 6.07) is 10.6. The molecule has 6 nitrogen and oxygen atoms in total. The normalized spacial score (nSPS) is 12.1. The Labute approximate surface area is 176 Å². The average Bonchev–Trinajstić information content (AvgIpc) is 2.73. The van der Waals surface area contributed by atoms with Crippen molar-refractivity contribution in [3.05, 3.63) is 64.9 Å². The minimum absolute atomic E-state index is 0.0577. The number of nitrogens with zero attached hydrogens (tertiary/aromatic N) is 3. The van der Waals surface area contributed by atoms with E-state index in [1.165, 1.54) is 0 Å². The van der Waals surface area contributed by atoms with Crippen LogP contribution in [0.1, 0.15) is 11.1 Å². The minimum atomic E-state index is -4.50. The van der Waals surface area contributed by atoms with Crippen LogP contribution in [0.4, 0.5) is 13.2 Å². The molecule has 30 heavy (non-hydrogen) atoms. The summed E-state index contributed by atoms with van der Waals surface area (Å²) in [4.78, 5) is 12.1. The van der Waals surface area contributed by atoms with E-state index in [2.05, 4.69) is 25.6 Å². The van der Waals surface area contributed by atoms with Crippen molar-refractivity contribution in [2.75, 3.05) is 20.2 Å².